The SMILES string of the molecule is CS(=O)(=O)NNc1ccncc1. The van der Waals surface area contributed by atoms with Crippen LogP contribution in [0, 0.1) is 0 Å². The molecule has 12 heavy (non-hydrogen) atoms. The molecule has 0 atom stereocenters. The molecular formula is C6H9N3O2S. The van der Waals surface area contributed by atoms with E-state index in [-0.39, 0.29) is 0 Å². The Morgan fingerprint density at radius 2 is 1.92 bits per heavy atom. The van der Waals surface area contributed by atoms with Gasteiger partial charge in [0.25, 0.3) is 0 Å². The number of nitrogens with one attached hydrogen (secondary N) is 2. The van der Waals surface area contributed by atoms with Crippen LogP contribution < -0.4 is 10.3 Å². The number of hydrazine groups is 1. The van der Waals surface area contributed by atoms with Crippen molar-refractivity contribution in [3.05, 3.63) is 24.5 Å². The van der Waals surface area contributed by atoms with Crippen LogP contribution in [0.2, 0.25) is 0 Å². The molecule has 0 aromatic carbocycles. The van der Waals surface area contributed by atoms with Gasteiger partial charge in [0, 0.05) is 12.4 Å². The summed E-state index contributed by atoms with van der Waals surface area (Å²) in [6, 6.07) is 3.30. The molecule has 0 amide bonds. The van der Waals surface area contributed by atoms with Gasteiger partial charge in [-0.2, -0.15) is 0 Å². The first-order chi connectivity index (χ1) is 5.58. The van der Waals surface area contributed by atoms with E-state index >= 15 is 0 Å². The van der Waals surface area contributed by atoms with Crippen LogP contribution in [-0.2, 0) is 10.0 Å². The highest BCUT2D eigenvalue weighted by Crippen LogP contribution is 2.00. The minimum absolute atomic E-state index is 0.649. The molecule has 0 saturated heterocycles. The first kappa shape index (κ1) is 8.95. The van der Waals surface area contributed by atoms with Crippen LogP contribution in [0.15, 0.2) is 24.5 Å². The molecule has 0 fully saturated rings. The number of hydrogen-bond donors (Lipinski definition) is 2. The first-order valence-electron chi connectivity index (χ1n) is 3.21. The molecule has 0 aliphatic carbocycles. The molecule has 0 saturated carbocycles. The number of sulfonamides is 1. The summed E-state index contributed by atoms with van der Waals surface area (Å²) in [6.07, 6.45) is 4.19. The van der Waals surface area contributed by atoms with Gasteiger partial charge in [-0.25, -0.2) is 8.42 Å². The topological polar surface area (TPSA) is 71.1 Å². The molecule has 0 unspecified atom stereocenters. The molecule has 66 valence electrons. The third-order valence-corrected chi connectivity index (χ3v) is 1.53. The van der Waals surface area contributed by atoms with Gasteiger partial charge in [-0.1, -0.05) is 0 Å². The fourth-order valence-electron chi connectivity index (χ4n) is 0.587. The van der Waals surface area contributed by atoms with Crippen molar-refractivity contribution >= 4 is 15.7 Å². The van der Waals surface area contributed by atoms with Crippen molar-refractivity contribution in [1.29, 1.82) is 0 Å². The lowest BCUT2D eigenvalue weighted by atomic mass is 10.4. The minimum atomic E-state index is -3.20. The molecule has 1 aromatic rings. The van der Waals surface area contributed by atoms with Crippen LogP contribution in [0.1, 0.15) is 0 Å². The summed E-state index contributed by atoms with van der Waals surface area (Å²) in [5, 5.41) is 0. The standard InChI is InChI=1S/C6H9N3O2S/c1-12(10,11)9-8-6-2-4-7-5-3-6/h2-5,9H,1H3,(H,7,8). The smallest absolute Gasteiger partial charge is 0.225 e. The van der Waals surface area contributed by atoms with Crippen molar-refractivity contribution in [3.63, 3.8) is 0 Å². The first-order valence-corrected chi connectivity index (χ1v) is 5.10. The number of nitrogens with zero attached hydrogens (tertiary/aromatic N) is 1. The predicted octanol–water partition coefficient (Wildman–Crippen LogP) is -0.0423. The van der Waals surface area contributed by atoms with Gasteiger partial charge in [0.1, 0.15) is 0 Å². The Bertz CT molecular complexity index is 335. The van der Waals surface area contributed by atoms with E-state index in [0.29, 0.717) is 5.69 Å². The molecular weight excluding hydrogens is 178 g/mol. The monoisotopic (exact) mass is 187 g/mol. The second kappa shape index (κ2) is 3.51. The van der Waals surface area contributed by atoms with Crippen LogP contribution >= 0.6 is 0 Å². The number of anilines is 1. The van der Waals surface area contributed by atoms with Crippen molar-refractivity contribution in [2.24, 2.45) is 0 Å². The predicted molar refractivity (Wildman–Crippen MR) is 45.8 cm³/mol. The number of rotatable bonds is 3. The molecule has 0 aliphatic heterocycles. The molecule has 6 heteroatoms. The van der Waals surface area contributed by atoms with Crippen LogP contribution in [0.25, 0.3) is 0 Å². The van der Waals surface area contributed by atoms with E-state index in [0.717, 1.165) is 6.26 Å². The molecule has 2 N–H and O–H groups in total. The zero-order valence-electron chi connectivity index (χ0n) is 6.48. The molecule has 0 aliphatic rings. The molecule has 1 rings (SSSR count). The van der Waals surface area contributed by atoms with Gasteiger partial charge in [-0.05, 0) is 12.1 Å². The summed E-state index contributed by atoms with van der Waals surface area (Å²) < 4.78 is 21.2. The Hall–Kier alpha value is -1.14. The fraction of sp³-hybridized carbons (Fsp3) is 0.167. The quantitative estimate of drug-likeness (QED) is 0.651. The number of aromatic nitrogens is 1. The highest BCUT2D eigenvalue weighted by molar-refractivity contribution is 7.88. The van der Waals surface area contributed by atoms with Gasteiger partial charge >= 0.3 is 0 Å². The van der Waals surface area contributed by atoms with Crippen LogP contribution in [-0.4, -0.2) is 19.7 Å². The largest absolute Gasteiger partial charge is 0.308 e. The Balaban J connectivity index is 2.56. The van der Waals surface area contributed by atoms with E-state index in [1.165, 1.54) is 0 Å². The summed E-state index contributed by atoms with van der Waals surface area (Å²) in [5.41, 5.74) is 3.16. The van der Waals surface area contributed by atoms with Crippen LogP contribution in [0.4, 0.5) is 5.69 Å². The molecule has 1 aromatic heterocycles. The number of pyridine rings is 1. The summed E-state index contributed by atoms with van der Waals surface area (Å²) in [5.74, 6) is 0. The Labute approximate surface area is 70.8 Å². The van der Waals surface area contributed by atoms with Gasteiger partial charge < -0.3 is 5.43 Å². The average Bonchev–Trinajstić information content (AvgIpc) is 2.02. The third-order valence-electron chi connectivity index (χ3n) is 1.06. The third kappa shape index (κ3) is 3.31. The van der Waals surface area contributed by atoms with Crippen molar-refractivity contribution in [2.45, 2.75) is 0 Å². The summed E-state index contributed by atoms with van der Waals surface area (Å²) in [7, 11) is -3.20. The maximum Gasteiger partial charge on any atom is 0.225 e. The van der Waals surface area contributed by atoms with E-state index in [1.54, 1.807) is 24.5 Å². The second-order valence-electron chi connectivity index (χ2n) is 2.24. The molecule has 1 heterocycles. The van der Waals surface area contributed by atoms with Crippen molar-refractivity contribution in [2.75, 3.05) is 11.7 Å². The van der Waals surface area contributed by atoms with Gasteiger partial charge in [0.05, 0.1) is 11.9 Å². The maximum absolute atomic E-state index is 10.6. The van der Waals surface area contributed by atoms with Gasteiger partial charge in [-0.15, -0.1) is 4.83 Å². The molecule has 0 spiro atoms. The van der Waals surface area contributed by atoms with E-state index in [1.807, 2.05) is 0 Å². The highest BCUT2D eigenvalue weighted by Gasteiger charge is 1.97. The molecule has 5 nitrogen and oxygen atoms in total. The van der Waals surface area contributed by atoms with E-state index in [2.05, 4.69) is 15.2 Å². The van der Waals surface area contributed by atoms with Crippen molar-refractivity contribution in [1.82, 2.24) is 9.82 Å². The van der Waals surface area contributed by atoms with E-state index in [9.17, 15) is 8.42 Å². The highest BCUT2D eigenvalue weighted by atomic mass is 32.2. The van der Waals surface area contributed by atoms with Crippen LogP contribution in [0.3, 0.4) is 0 Å². The lowest BCUT2D eigenvalue weighted by Crippen LogP contribution is -2.27. The zero-order valence-corrected chi connectivity index (χ0v) is 7.30. The summed E-state index contributed by atoms with van der Waals surface area (Å²) in [6.45, 7) is 0. The average molecular weight is 187 g/mol. The Morgan fingerprint density at radius 1 is 1.33 bits per heavy atom. The van der Waals surface area contributed by atoms with Crippen LogP contribution in [0.5, 0.6) is 0 Å². The number of hydrogen-bond acceptors (Lipinski definition) is 4. The summed E-state index contributed by atoms with van der Waals surface area (Å²) >= 11 is 0. The normalized spacial score (nSPS) is 11.1. The van der Waals surface area contributed by atoms with Gasteiger partial charge in [0.2, 0.25) is 10.0 Å². The Kier molecular flexibility index (Phi) is 2.61. The molecule has 0 bridgehead atoms. The molecule has 0 radical (unpaired) electrons. The Morgan fingerprint density at radius 3 is 2.42 bits per heavy atom. The maximum atomic E-state index is 10.6. The zero-order chi connectivity index (χ0) is 9.03. The lowest BCUT2D eigenvalue weighted by molar-refractivity contribution is 0.594. The van der Waals surface area contributed by atoms with E-state index < -0.39 is 10.0 Å². The van der Waals surface area contributed by atoms with E-state index in [4.69, 9.17) is 0 Å². The van der Waals surface area contributed by atoms with Gasteiger partial charge in [-0.3, -0.25) is 4.98 Å². The minimum Gasteiger partial charge on any atom is -0.308 e. The van der Waals surface area contributed by atoms with Crippen molar-refractivity contribution < 1.29 is 8.42 Å². The lowest BCUT2D eigenvalue weighted by Gasteiger charge is -2.04. The van der Waals surface area contributed by atoms with Crippen molar-refractivity contribution in [3.8, 4) is 0 Å². The fourth-order valence-corrected chi connectivity index (χ4v) is 0.890. The second-order valence-corrected chi connectivity index (χ2v) is 3.98. The van der Waals surface area contributed by atoms with Gasteiger partial charge in [0.15, 0.2) is 0 Å². The summed E-state index contributed by atoms with van der Waals surface area (Å²) in [4.78, 5) is 5.91.